The summed E-state index contributed by atoms with van der Waals surface area (Å²) in [5.41, 5.74) is 2.95. The normalized spacial score (nSPS) is 13.5. The van der Waals surface area contributed by atoms with Crippen molar-refractivity contribution < 1.29 is 14.6 Å². The molecule has 1 heterocycles. The Kier molecular flexibility index (Phi) is 4.04. The van der Waals surface area contributed by atoms with Gasteiger partial charge in [0.25, 0.3) is 0 Å². The first-order chi connectivity index (χ1) is 10.6. The van der Waals surface area contributed by atoms with Crippen molar-refractivity contribution in [3.8, 4) is 11.6 Å². The van der Waals surface area contributed by atoms with Gasteiger partial charge >= 0.3 is 5.97 Å². The van der Waals surface area contributed by atoms with Crippen LogP contribution in [0.1, 0.15) is 35.5 Å². The van der Waals surface area contributed by atoms with Gasteiger partial charge in [0.2, 0.25) is 5.88 Å². The Morgan fingerprint density at radius 2 is 1.91 bits per heavy atom. The fourth-order valence-corrected chi connectivity index (χ4v) is 2.72. The Bertz CT molecular complexity index is 696. The molecule has 2 aromatic rings. The van der Waals surface area contributed by atoms with Crippen LogP contribution >= 0.6 is 0 Å². The van der Waals surface area contributed by atoms with Crippen LogP contribution in [0.25, 0.3) is 0 Å². The predicted molar refractivity (Wildman–Crippen MR) is 81.3 cm³/mol. The lowest BCUT2D eigenvalue weighted by atomic mass is 9.97. The van der Waals surface area contributed by atoms with E-state index in [0.29, 0.717) is 11.6 Å². The van der Waals surface area contributed by atoms with Crippen LogP contribution in [0.4, 0.5) is 0 Å². The number of aliphatic carboxylic acids is 1. The maximum Gasteiger partial charge on any atom is 0.307 e. The topological polar surface area (TPSA) is 72.3 Å². The zero-order chi connectivity index (χ0) is 15.5. The lowest BCUT2D eigenvalue weighted by Crippen LogP contribution is -2.10. The molecule has 0 aliphatic heterocycles. The minimum atomic E-state index is -0.839. The maximum absolute atomic E-state index is 10.7. The van der Waals surface area contributed by atoms with Crippen molar-refractivity contribution in [1.82, 2.24) is 9.97 Å². The second-order valence-electron chi connectivity index (χ2n) is 5.52. The van der Waals surface area contributed by atoms with Crippen LogP contribution in [0.3, 0.4) is 0 Å². The highest BCUT2D eigenvalue weighted by molar-refractivity contribution is 5.70. The molecule has 22 heavy (non-hydrogen) atoms. The van der Waals surface area contributed by atoms with Gasteiger partial charge in [-0.2, -0.15) is 4.98 Å². The van der Waals surface area contributed by atoms with E-state index in [1.165, 1.54) is 0 Å². The molecule has 0 spiro atoms. The van der Waals surface area contributed by atoms with E-state index in [4.69, 9.17) is 9.84 Å². The van der Waals surface area contributed by atoms with Crippen LogP contribution in [0, 0.1) is 6.92 Å². The summed E-state index contributed by atoms with van der Waals surface area (Å²) in [6.45, 7) is 1.87. The molecule has 0 unspecified atom stereocenters. The minimum Gasteiger partial charge on any atom is -0.481 e. The first-order valence-electron chi connectivity index (χ1n) is 7.47. The van der Waals surface area contributed by atoms with Gasteiger partial charge in [0.05, 0.1) is 12.1 Å². The van der Waals surface area contributed by atoms with Gasteiger partial charge in [-0.25, -0.2) is 4.98 Å². The Labute approximate surface area is 129 Å². The van der Waals surface area contributed by atoms with Gasteiger partial charge in [0.1, 0.15) is 11.6 Å². The number of hydrogen-bond acceptors (Lipinski definition) is 4. The second kappa shape index (κ2) is 6.13. The highest BCUT2D eigenvalue weighted by atomic mass is 16.5. The molecule has 1 aromatic carbocycles. The summed E-state index contributed by atoms with van der Waals surface area (Å²) in [5.74, 6) is 1.18. The molecule has 1 aromatic heterocycles. The summed E-state index contributed by atoms with van der Waals surface area (Å²) in [6, 6.07) is 7.10. The third-order valence-corrected chi connectivity index (χ3v) is 3.75. The van der Waals surface area contributed by atoms with Crippen LogP contribution < -0.4 is 4.74 Å². The van der Waals surface area contributed by atoms with Gasteiger partial charge in [-0.05, 0) is 50.3 Å². The van der Waals surface area contributed by atoms with Gasteiger partial charge in [-0.15, -0.1) is 0 Å². The first kappa shape index (κ1) is 14.5. The van der Waals surface area contributed by atoms with E-state index >= 15 is 0 Å². The van der Waals surface area contributed by atoms with Gasteiger partial charge in [-0.3, -0.25) is 4.79 Å². The summed E-state index contributed by atoms with van der Waals surface area (Å²) >= 11 is 0. The lowest BCUT2D eigenvalue weighted by molar-refractivity contribution is -0.136. The molecular formula is C17H18N2O3. The summed E-state index contributed by atoms with van der Waals surface area (Å²) in [7, 11) is 0. The number of nitrogens with zero attached hydrogens (tertiary/aromatic N) is 2. The molecule has 0 amide bonds. The minimum absolute atomic E-state index is 0.0162. The van der Waals surface area contributed by atoms with E-state index in [1.54, 1.807) is 24.3 Å². The standard InChI is InChI=1S/C17H18N2O3/c1-11-18-15-5-3-2-4-14(15)17(19-11)22-13-8-6-12(7-9-13)10-16(20)21/h6-9H,2-5,10H2,1H3,(H,20,21). The Balaban J connectivity index is 1.83. The fraction of sp³-hybridized carbons (Fsp3) is 0.353. The zero-order valence-corrected chi connectivity index (χ0v) is 12.5. The highest BCUT2D eigenvalue weighted by Gasteiger charge is 2.18. The van der Waals surface area contributed by atoms with E-state index in [0.717, 1.165) is 48.3 Å². The smallest absolute Gasteiger partial charge is 0.307 e. The summed E-state index contributed by atoms with van der Waals surface area (Å²) in [5, 5.41) is 8.79. The number of carboxylic acids is 1. The number of ether oxygens (including phenoxy) is 1. The number of hydrogen-bond donors (Lipinski definition) is 1. The highest BCUT2D eigenvalue weighted by Crippen LogP contribution is 2.30. The molecule has 0 bridgehead atoms. The van der Waals surface area contributed by atoms with Crippen LogP contribution in [-0.4, -0.2) is 21.0 Å². The fourth-order valence-electron chi connectivity index (χ4n) is 2.72. The summed E-state index contributed by atoms with van der Waals surface area (Å²) in [4.78, 5) is 19.6. The number of carboxylic acid groups (broad SMARTS) is 1. The molecule has 5 heteroatoms. The number of fused-ring (bicyclic) bond motifs is 1. The lowest BCUT2D eigenvalue weighted by Gasteiger charge is -2.18. The summed E-state index contributed by atoms with van der Waals surface area (Å²) in [6.07, 6.45) is 4.23. The Morgan fingerprint density at radius 1 is 1.18 bits per heavy atom. The van der Waals surface area contributed by atoms with Gasteiger partial charge < -0.3 is 9.84 Å². The van der Waals surface area contributed by atoms with Crippen molar-refractivity contribution in [1.29, 1.82) is 0 Å². The van der Waals surface area contributed by atoms with E-state index in [-0.39, 0.29) is 6.42 Å². The first-order valence-corrected chi connectivity index (χ1v) is 7.47. The van der Waals surface area contributed by atoms with Gasteiger partial charge in [0, 0.05) is 5.56 Å². The molecule has 1 aliphatic carbocycles. The van der Waals surface area contributed by atoms with Crippen molar-refractivity contribution >= 4 is 5.97 Å². The SMILES string of the molecule is Cc1nc2c(c(Oc3ccc(CC(=O)O)cc3)n1)CCCC2. The van der Waals surface area contributed by atoms with Crippen LogP contribution in [0.15, 0.2) is 24.3 Å². The second-order valence-corrected chi connectivity index (χ2v) is 5.52. The molecule has 0 radical (unpaired) electrons. The molecule has 1 aliphatic rings. The number of benzene rings is 1. The Morgan fingerprint density at radius 3 is 2.64 bits per heavy atom. The molecule has 5 nitrogen and oxygen atoms in total. The average Bonchev–Trinajstić information content (AvgIpc) is 2.48. The average molecular weight is 298 g/mol. The van der Waals surface area contributed by atoms with Crippen molar-refractivity contribution in [2.45, 2.75) is 39.0 Å². The molecular weight excluding hydrogens is 280 g/mol. The van der Waals surface area contributed by atoms with Crippen molar-refractivity contribution in [2.75, 3.05) is 0 Å². The van der Waals surface area contributed by atoms with E-state index in [2.05, 4.69) is 9.97 Å². The van der Waals surface area contributed by atoms with Crippen LogP contribution in [-0.2, 0) is 24.1 Å². The largest absolute Gasteiger partial charge is 0.481 e. The molecule has 0 fully saturated rings. The van der Waals surface area contributed by atoms with Crippen molar-refractivity contribution in [3.05, 3.63) is 46.9 Å². The molecule has 114 valence electrons. The monoisotopic (exact) mass is 298 g/mol. The van der Waals surface area contributed by atoms with Gasteiger partial charge in [-0.1, -0.05) is 12.1 Å². The number of carbonyl (C=O) groups is 1. The number of rotatable bonds is 4. The van der Waals surface area contributed by atoms with Crippen molar-refractivity contribution in [2.24, 2.45) is 0 Å². The van der Waals surface area contributed by atoms with Crippen molar-refractivity contribution in [3.63, 3.8) is 0 Å². The Hall–Kier alpha value is -2.43. The maximum atomic E-state index is 10.7. The molecule has 0 saturated heterocycles. The molecule has 0 atom stereocenters. The van der Waals surface area contributed by atoms with E-state index in [9.17, 15) is 4.79 Å². The van der Waals surface area contributed by atoms with E-state index in [1.807, 2.05) is 6.92 Å². The van der Waals surface area contributed by atoms with E-state index < -0.39 is 5.97 Å². The molecule has 1 N–H and O–H groups in total. The van der Waals surface area contributed by atoms with Crippen LogP contribution in [0.2, 0.25) is 0 Å². The number of aryl methyl sites for hydroxylation is 2. The van der Waals surface area contributed by atoms with Crippen LogP contribution in [0.5, 0.6) is 11.6 Å². The molecule has 0 saturated carbocycles. The third kappa shape index (κ3) is 3.24. The zero-order valence-electron chi connectivity index (χ0n) is 12.5. The molecule has 3 rings (SSSR count). The third-order valence-electron chi connectivity index (χ3n) is 3.75. The van der Waals surface area contributed by atoms with Gasteiger partial charge in [0.15, 0.2) is 0 Å². The quantitative estimate of drug-likeness (QED) is 0.939. The summed E-state index contributed by atoms with van der Waals surface area (Å²) < 4.78 is 5.92. The number of aromatic nitrogens is 2. The predicted octanol–water partition coefficient (Wildman–Crippen LogP) is 3.08.